The van der Waals surface area contributed by atoms with Crippen LogP contribution in [0.15, 0.2) is 42.9 Å². The summed E-state index contributed by atoms with van der Waals surface area (Å²) in [5.41, 5.74) is 7.34. The smallest absolute Gasteiger partial charge is 0.320 e. The molecule has 0 aliphatic carbocycles. The topological polar surface area (TPSA) is 90.4 Å². The Labute approximate surface area is 116 Å². The molecule has 0 spiro atoms. The van der Waals surface area contributed by atoms with Gasteiger partial charge in [0.25, 0.3) is 0 Å². The van der Waals surface area contributed by atoms with E-state index in [1.807, 2.05) is 30.3 Å². The first kappa shape index (κ1) is 14.2. The maximum absolute atomic E-state index is 10.7. The summed E-state index contributed by atoms with van der Waals surface area (Å²) in [6, 6.07) is 8.88. The maximum atomic E-state index is 10.7. The van der Waals surface area contributed by atoms with Crippen molar-refractivity contribution in [2.45, 2.75) is 25.8 Å². The Morgan fingerprint density at radius 1 is 1.40 bits per heavy atom. The number of carboxylic acids is 1. The monoisotopic (exact) mass is 275 g/mol. The summed E-state index contributed by atoms with van der Waals surface area (Å²) < 4.78 is 7.34. The van der Waals surface area contributed by atoms with E-state index in [9.17, 15) is 4.79 Å². The molecule has 6 heteroatoms. The standard InChI is InChI=1S/C14H17N3O3/c15-13(14(18)19)6-12-7-16-9-17(12)10-20-8-11-4-2-1-3-5-11/h1-5,7,9,13H,6,8,10,15H2,(H,18,19). The first-order chi connectivity index (χ1) is 9.66. The number of ether oxygens (including phenoxy) is 1. The first-order valence-corrected chi connectivity index (χ1v) is 6.26. The second kappa shape index (κ2) is 6.83. The fourth-order valence-electron chi connectivity index (χ4n) is 1.78. The lowest BCUT2D eigenvalue weighted by molar-refractivity contribution is -0.138. The number of hydrogen-bond acceptors (Lipinski definition) is 4. The highest BCUT2D eigenvalue weighted by atomic mass is 16.5. The molecule has 0 radical (unpaired) electrons. The largest absolute Gasteiger partial charge is 0.480 e. The normalized spacial score (nSPS) is 12.2. The third-order valence-corrected chi connectivity index (χ3v) is 2.89. The van der Waals surface area contributed by atoms with E-state index in [1.54, 1.807) is 17.1 Å². The quantitative estimate of drug-likeness (QED) is 0.787. The molecule has 0 amide bonds. The maximum Gasteiger partial charge on any atom is 0.320 e. The Kier molecular flexibility index (Phi) is 4.86. The SMILES string of the molecule is NC(Cc1cncn1COCc1ccccc1)C(=O)O. The van der Waals surface area contributed by atoms with Crippen molar-refractivity contribution < 1.29 is 14.6 Å². The Bertz CT molecular complexity index is 554. The number of benzene rings is 1. The molecule has 1 unspecified atom stereocenters. The van der Waals surface area contributed by atoms with Crippen LogP contribution in [0.25, 0.3) is 0 Å². The summed E-state index contributed by atoms with van der Waals surface area (Å²) in [4.78, 5) is 14.7. The van der Waals surface area contributed by atoms with Crippen LogP contribution in [0.1, 0.15) is 11.3 Å². The number of carbonyl (C=O) groups is 1. The Morgan fingerprint density at radius 2 is 2.15 bits per heavy atom. The second-order valence-corrected chi connectivity index (χ2v) is 4.47. The third-order valence-electron chi connectivity index (χ3n) is 2.89. The first-order valence-electron chi connectivity index (χ1n) is 6.26. The van der Waals surface area contributed by atoms with Crippen molar-refractivity contribution in [3.63, 3.8) is 0 Å². The number of carboxylic acid groups (broad SMARTS) is 1. The van der Waals surface area contributed by atoms with Crippen molar-refractivity contribution in [3.05, 3.63) is 54.1 Å². The van der Waals surface area contributed by atoms with Crippen LogP contribution >= 0.6 is 0 Å². The summed E-state index contributed by atoms with van der Waals surface area (Å²) >= 11 is 0. The minimum atomic E-state index is -1.03. The van der Waals surface area contributed by atoms with Crippen molar-refractivity contribution in [1.82, 2.24) is 9.55 Å². The lowest BCUT2D eigenvalue weighted by Crippen LogP contribution is -2.33. The van der Waals surface area contributed by atoms with E-state index in [1.165, 1.54) is 0 Å². The molecule has 1 heterocycles. The molecule has 0 fully saturated rings. The van der Waals surface area contributed by atoms with Crippen LogP contribution in [-0.4, -0.2) is 26.7 Å². The number of rotatable bonds is 7. The van der Waals surface area contributed by atoms with Gasteiger partial charge in [0.1, 0.15) is 12.8 Å². The van der Waals surface area contributed by atoms with E-state index in [2.05, 4.69) is 4.98 Å². The van der Waals surface area contributed by atoms with Gasteiger partial charge in [-0.25, -0.2) is 4.98 Å². The molecule has 1 aromatic carbocycles. The van der Waals surface area contributed by atoms with Gasteiger partial charge in [-0.15, -0.1) is 0 Å². The van der Waals surface area contributed by atoms with Gasteiger partial charge in [-0.2, -0.15) is 0 Å². The van der Waals surface area contributed by atoms with Crippen LogP contribution in [0.4, 0.5) is 0 Å². The van der Waals surface area contributed by atoms with Crippen molar-refractivity contribution in [2.75, 3.05) is 0 Å². The summed E-state index contributed by atoms with van der Waals surface area (Å²) in [7, 11) is 0. The predicted molar refractivity (Wildman–Crippen MR) is 72.8 cm³/mol. The summed E-state index contributed by atoms with van der Waals surface area (Å²) in [6.45, 7) is 0.806. The Balaban J connectivity index is 1.87. The predicted octanol–water partition coefficient (Wildman–Crippen LogP) is 1.01. The third kappa shape index (κ3) is 3.91. The van der Waals surface area contributed by atoms with E-state index in [0.29, 0.717) is 13.3 Å². The lowest BCUT2D eigenvalue weighted by atomic mass is 10.2. The lowest BCUT2D eigenvalue weighted by Gasteiger charge is -2.11. The van der Waals surface area contributed by atoms with Crippen molar-refractivity contribution in [2.24, 2.45) is 5.73 Å². The van der Waals surface area contributed by atoms with Gasteiger partial charge in [0.05, 0.1) is 12.9 Å². The van der Waals surface area contributed by atoms with Gasteiger partial charge in [-0.05, 0) is 5.56 Å². The molecule has 2 aromatic rings. The van der Waals surface area contributed by atoms with Gasteiger partial charge in [0.15, 0.2) is 0 Å². The molecule has 106 valence electrons. The van der Waals surface area contributed by atoms with Crippen molar-refractivity contribution in [1.29, 1.82) is 0 Å². The van der Waals surface area contributed by atoms with Gasteiger partial charge in [0.2, 0.25) is 0 Å². The van der Waals surface area contributed by atoms with Crippen LogP contribution < -0.4 is 5.73 Å². The molecule has 0 aliphatic rings. The number of aromatic nitrogens is 2. The highest BCUT2D eigenvalue weighted by molar-refractivity contribution is 5.73. The zero-order valence-corrected chi connectivity index (χ0v) is 11.0. The average molecular weight is 275 g/mol. The molecular weight excluding hydrogens is 258 g/mol. The molecule has 0 bridgehead atoms. The van der Waals surface area contributed by atoms with Crippen molar-refractivity contribution in [3.8, 4) is 0 Å². The molecule has 1 aromatic heterocycles. The van der Waals surface area contributed by atoms with Gasteiger partial charge in [-0.1, -0.05) is 30.3 Å². The van der Waals surface area contributed by atoms with Gasteiger partial charge < -0.3 is 20.1 Å². The molecule has 0 saturated carbocycles. The molecule has 0 aliphatic heterocycles. The second-order valence-electron chi connectivity index (χ2n) is 4.47. The van der Waals surface area contributed by atoms with Crippen LogP contribution in [0.3, 0.4) is 0 Å². The molecule has 1 atom stereocenters. The highest BCUT2D eigenvalue weighted by Gasteiger charge is 2.14. The zero-order chi connectivity index (χ0) is 14.4. The fourth-order valence-corrected chi connectivity index (χ4v) is 1.78. The highest BCUT2D eigenvalue weighted by Crippen LogP contribution is 2.06. The number of imidazole rings is 1. The number of nitrogens with zero attached hydrogens (tertiary/aromatic N) is 2. The average Bonchev–Trinajstić information content (AvgIpc) is 2.87. The number of hydrogen-bond donors (Lipinski definition) is 2. The van der Waals surface area contributed by atoms with Crippen molar-refractivity contribution >= 4 is 5.97 Å². The van der Waals surface area contributed by atoms with E-state index in [0.717, 1.165) is 11.3 Å². The minimum Gasteiger partial charge on any atom is -0.480 e. The molecule has 0 saturated heterocycles. The van der Waals surface area contributed by atoms with E-state index < -0.39 is 12.0 Å². The van der Waals surface area contributed by atoms with E-state index in [-0.39, 0.29) is 6.42 Å². The van der Waals surface area contributed by atoms with Crippen LogP contribution in [0, 0.1) is 0 Å². The molecule has 20 heavy (non-hydrogen) atoms. The number of nitrogens with two attached hydrogens (primary N) is 1. The molecule has 6 nitrogen and oxygen atoms in total. The van der Waals surface area contributed by atoms with E-state index >= 15 is 0 Å². The Hall–Kier alpha value is -2.18. The summed E-state index contributed by atoms with van der Waals surface area (Å²) in [5, 5.41) is 8.81. The van der Waals surface area contributed by atoms with Crippen LogP contribution in [-0.2, 0) is 29.3 Å². The molecular formula is C14H17N3O3. The van der Waals surface area contributed by atoms with Gasteiger partial charge >= 0.3 is 5.97 Å². The van der Waals surface area contributed by atoms with Gasteiger partial charge in [0, 0.05) is 18.3 Å². The van der Waals surface area contributed by atoms with Crippen LogP contribution in [0.5, 0.6) is 0 Å². The summed E-state index contributed by atoms with van der Waals surface area (Å²) in [5.74, 6) is -1.03. The Morgan fingerprint density at radius 3 is 2.85 bits per heavy atom. The zero-order valence-electron chi connectivity index (χ0n) is 11.0. The number of aliphatic carboxylic acids is 1. The minimum absolute atomic E-state index is 0.226. The summed E-state index contributed by atoms with van der Waals surface area (Å²) in [6.07, 6.45) is 3.44. The van der Waals surface area contributed by atoms with Gasteiger partial charge in [-0.3, -0.25) is 4.79 Å². The fraction of sp³-hybridized carbons (Fsp3) is 0.286. The molecule has 3 N–H and O–H groups in total. The molecule has 2 rings (SSSR count). The van der Waals surface area contributed by atoms with E-state index in [4.69, 9.17) is 15.6 Å². The van der Waals surface area contributed by atoms with Crippen LogP contribution in [0.2, 0.25) is 0 Å².